The van der Waals surface area contributed by atoms with E-state index in [4.69, 9.17) is 4.74 Å². The lowest BCUT2D eigenvalue weighted by Gasteiger charge is -2.02. The third-order valence-electron chi connectivity index (χ3n) is 2.53. The topological polar surface area (TPSA) is 26.3 Å². The number of cyclic esters (lactones) is 1. The molecule has 0 bridgehead atoms. The van der Waals surface area contributed by atoms with E-state index in [0.717, 1.165) is 25.7 Å². The Kier molecular flexibility index (Phi) is 3.57. The van der Waals surface area contributed by atoms with Crippen LogP contribution in [-0.4, -0.2) is 12.1 Å². The maximum absolute atomic E-state index is 11.2. The van der Waals surface area contributed by atoms with Crippen molar-refractivity contribution in [1.82, 2.24) is 0 Å². The molecule has 2 unspecified atom stereocenters. The minimum atomic E-state index is 0.0373. The minimum Gasteiger partial charge on any atom is -0.462 e. The van der Waals surface area contributed by atoms with Crippen molar-refractivity contribution in [2.45, 2.75) is 52.1 Å². The largest absolute Gasteiger partial charge is 0.462 e. The molecule has 0 aromatic rings. The van der Waals surface area contributed by atoms with Crippen LogP contribution in [0.3, 0.4) is 0 Å². The van der Waals surface area contributed by atoms with Crippen molar-refractivity contribution in [1.29, 1.82) is 0 Å². The zero-order valence-electron chi connectivity index (χ0n) is 8.01. The standard InChI is InChI=1S/C10H18O2/c1-3-5-6-8-7-9(4-2)12-10(8)11/h8-9H,3-7H2,1-2H3. The first kappa shape index (κ1) is 9.56. The Bertz CT molecular complexity index is 154. The highest BCUT2D eigenvalue weighted by molar-refractivity contribution is 5.74. The van der Waals surface area contributed by atoms with Crippen molar-refractivity contribution in [3.63, 3.8) is 0 Å². The summed E-state index contributed by atoms with van der Waals surface area (Å²) < 4.78 is 5.18. The summed E-state index contributed by atoms with van der Waals surface area (Å²) in [6, 6.07) is 0. The van der Waals surface area contributed by atoms with Gasteiger partial charge in [0.1, 0.15) is 6.10 Å². The molecule has 0 aromatic heterocycles. The number of carbonyl (C=O) groups excluding carboxylic acids is 1. The molecule has 1 fully saturated rings. The fraction of sp³-hybridized carbons (Fsp3) is 0.900. The van der Waals surface area contributed by atoms with E-state index in [1.165, 1.54) is 6.42 Å². The normalized spacial score (nSPS) is 29.0. The van der Waals surface area contributed by atoms with E-state index in [-0.39, 0.29) is 18.0 Å². The van der Waals surface area contributed by atoms with Gasteiger partial charge in [-0.15, -0.1) is 0 Å². The summed E-state index contributed by atoms with van der Waals surface area (Å²) in [7, 11) is 0. The molecule has 1 aliphatic heterocycles. The predicted molar refractivity (Wildman–Crippen MR) is 47.8 cm³/mol. The Labute approximate surface area is 74.3 Å². The summed E-state index contributed by atoms with van der Waals surface area (Å²) >= 11 is 0. The molecule has 0 radical (unpaired) electrons. The maximum Gasteiger partial charge on any atom is 0.309 e. The zero-order chi connectivity index (χ0) is 8.97. The molecule has 1 aliphatic rings. The Morgan fingerprint density at radius 2 is 2.25 bits per heavy atom. The molecule has 0 aromatic carbocycles. The van der Waals surface area contributed by atoms with Crippen LogP contribution in [0.4, 0.5) is 0 Å². The van der Waals surface area contributed by atoms with Crippen molar-refractivity contribution < 1.29 is 9.53 Å². The first-order chi connectivity index (χ1) is 5.77. The number of esters is 1. The van der Waals surface area contributed by atoms with Gasteiger partial charge in [-0.3, -0.25) is 4.79 Å². The van der Waals surface area contributed by atoms with E-state index in [2.05, 4.69) is 13.8 Å². The van der Waals surface area contributed by atoms with Crippen LogP contribution < -0.4 is 0 Å². The van der Waals surface area contributed by atoms with Gasteiger partial charge in [0, 0.05) is 0 Å². The molecule has 0 N–H and O–H groups in total. The Hall–Kier alpha value is -0.530. The van der Waals surface area contributed by atoms with Gasteiger partial charge >= 0.3 is 5.97 Å². The average Bonchev–Trinajstić information content (AvgIpc) is 2.43. The lowest BCUT2D eigenvalue weighted by Crippen LogP contribution is -2.06. The molecule has 1 heterocycles. The van der Waals surface area contributed by atoms with Crippen molar-refractivity contribution in [3.05, 3.63) is 0 Å². The van der Waals surface area contributed by atoms with Crippen LogP contribution >= 0.6 is 0 Å². The van der Waals surface area contributed by atoms with Gasteiger partial charge in [-0.25, -0.2) is 0 Å². The molecule has 2 heteroatoms. The number of unbranched alkanes of at least 4 members (excludes halogenated alkanes) is 1. The second-order valence-electron chi connectivity index (χ2n) is 3.54. The number of carbonyl (C=O) groups is 1. The molecular formula is C10H18O2. The van der Waals surface area contributed by atoms with E-state index in [0.29, 0.717) is 0 Å². The molecule has 0 spiro atoms. The van der Waals surface area contributed by atoms with Gasteiger partial charge in [-0.2, -0.15) is 0 Å². The molecule has 2 nitrogen and oxygen atoms in total. The van der Waals surface area contributed by atoms with Crippen molar-refractivity contribution in [2.24, 2.45) is 5.92 Å². The second kappa shape index (κ2) is 4.48. The van der Waals surface area contributed by atoms with Gasteiger partial charge in [0.25, 0.3) is 0 Å². The van der Waals surface area contributed by atoms with Crippen molar-refractivity contribution >= 4 is 5.97 Å². The number of rotatable bonds is 4. The van der Waals surface area contributed by atoms with Gasteiger partial charge < -0.3 is 4.74 Å². The summed E-state index contributed by atoms with van der Waals surface area (Å²) in [6.45, 7) is 4.22. The average molecular weight is 170 g/mol. The lowest BCUT2D eigenvalue weighted by molar-refractivity contribution is -0.144. The molecule has 12 heavy (non-hydrogen) atoms. The third-order valence-corrected chi connectivity index (χ3v) is 2.53. The molecule has 2 atom stereocenters. The summed E-state index contributed by atoms with van der Waals surface area (Å²) in [5.41, 5.74) is 0. The van der Waals surface area contributed by atoms with Crippen LogP contribution in [0.2, 0.25) is 0 Å². The van der Waals surface area contributed by atoms with Gasteiger partial charge in [0.2, 0.25) is 0 Å². The molecule has 1 saturated heterocycles. The van der Waals surface area contributed by atoms with Crippen LogP contribution in [0, 0.1) is 5.92 Å². The van der Waals surface area contributed by atoms with Crippen LogP contribution in [0.15, 0.2) is 0 Å². The van der Waals surface area contributed by atoms with Gasteiger partial charge in [0.15, 0.2) is 0 Å². The van der Waals surface area contributed by atoms with Crippen molar-refractivity contribution in [3.8, 4) is 0 Å². The SMILES string of the molecule is CCCCC1CC(CC)OC1=O. The molecule has 70 valence electrons. The lowest BCUT2D eigenvalue weighted by atomic mass is 9.98. The Balaban J connectivity index is 2.31. The third kappa shape index (κ3) is 2.23. The Morgan fingerprint density at radius 3 is 2.75 bits per heavy atom. The highest BCUT2D eigenvalue weighted by Gasteiger charge is 2.32. The van der Waals surface area contributed by atoms with Crippen LogP contribution in [0.25, 0.3) is 0 Å². The minimum absolute atomic E-state index is 0.0373. The second-order valence-corrected chi connectivity index (χ2v) is 3.54. The molecule has 0 aliphatic carbocycles. The molecule has 1 rings (SSSR count). The Morgan fingerprint density at radius 1 is 1.50 bits per heavy atom. The van der Waals surface area contributed by atoms with E-state index in [1.54, 1.807) is 0 Å². The van der Waals surface area contributed by atoms with Gasteiger partial charge in [-0.1, -0.05) is 26.7 Å². The predicted octanol–water partition coefficient (Wildman–Crippen LogP) is 2.52. The monoisotopic (exact) mass is 170 g/mol. The van der Waals surface area contributed by atoms with E-state index in [9.17, 15) is 4.79 Å². The van der Waals surface area contributed by atoms with E-state index in [1.807, 2.05) is 0 Å². The highest BCUT2D eigenvalue weighted by atomic mass is 16.5. The molecule has 0 saturated carbocycles. The summed E-state index contributed by atoms with van der Waals surface area (Å²) in [5.74, 6) is 0.241. The first-order valence-electron chi connectivity index (χ1n) is 4.98. The van der Waals surface area contributed by atoms with E-state index < -0.39 is 0 Å². The van der Waals surface area contributed by atoms with Crippen LogP contribution in [0.5, 0.6) is 0 Å². The smallest absolute Gasteiger partial charge is 0.309 e. The summed E-state index contributed by atoms with van der Waals surface area (Å²) in [5, 5.41) is 0. The molecular weight excluding hydrogens is 152 g/mol. The quantitative estimate of drug-likeness (QED) is 0.606. The van der Waals surface area contributed by atoms with Gasteiger partial charge in [0.05, 0.1) is 5.92 Å². The van der Waals surface area contributed by atoms with Crippen LogP contribution in [0.1, 0.15) is 46.0 Å². The number of hydrogen-bond acceptors (Lipinski definition) is 2. The molecule has 0 amide bonds. The fourth-order valence-electron chi connectivity index (χ4n) is 1.66. The highest BCUT2D eigenvalue weighted by Crippen LogP contribution is 2.27. The van der Waals surface area contributed by atoms with Gasteiger partial charge in [-0.05, 0) is 19.3 Å². The zero-order valence-corrected chi connectivity index (χ0v) is 8.01. The number of ether oxygens (including phenoxy) is 1. The summed E-state index contributed by atoms with van der Waals surface area (Å²) in [6.07, 6.45) is 5.46. The van der Waals surface area contributed by atoms with Crippen molar-refractivity contribution in [2.75, 3.05) is 0 Å². The number of hydrogen-bond donors (Lipinski definition) is 0. The summed E-state index contributed by atoms with van der Waals surface area (Å²) in [4.78, 5) is 11.2. The van der Waals surface area contributed by atoms with Crippen LogP contribution in [-0.2, 0) is 9.53 Å². The van der Waals surface area contributed by atoms with E-state index >= 15 is 0 Å². The fourth-order valence-corrected chi connectivity index (χ4v) is 1.66. The maximum atomic E-state index is 11.2. The first-order valence-corrected chi connectivity index (χ1v) is 4.98.